The highest BCUT2D eigenvalue weighted by atomic mass is 19.4. The first-order valence-corrected chi connectivity index (χ1v) is 2.24. The summed E-state index contributed by atoms with van der Waals surface area (Å²) in [7, 11) is 1.29. The van der Waals surface area contributed by atoms with Gasteiger partial charge in [0.2, 0.25) is 0 Å². The molecule has 0 spiro atoms. The van der Waals surface area contributed by atoms with Crippen LogP contribution in [0.2, 0.25) is 0 Å². The van der Waals surface area contributed by atoms with E-state index in [1.807, 2.05) is 0 Å². The van der Waals surface area contributed by atoms with Crippen molar-refractivity contribution in [1.29, 1.82) is 0 Å². The molecule has 0 aromatic carbocycles. The third-order valence-corrected chi connectivity index (χ3v) is 0.658. The minimum absolute atomic E-state index is 0.137. The van der Waals surface area contributed by atoms with Crippen molar-refractivity contribution in [2.24, 2.45) is 4.99 Å². The molecule has 0 saturated heterocycles. The normalized spacial score (nSPS) is 13.7. The van der Waals surface area contributed by atoms with Gasteiger partial charge in [0.1, 0.15) is 0 Å². The third kappa shape index (κ3) is 5.13. The van der Waals surface area contributed by atoms with Crippen molar-refractivity contribution < 1.29 is 13.2 Å². The van der Waals surface area contributed by atoms with E-state index in [4.69, 9.17) is 0 Å². The van der Waals surface area contributed by atoms with Crippen LogP contribution in [0, 0.1) is 0 Å². The van der Waals surface area contributed by atoms with Crippen molar-refractivity contribution in [2.75, 3.05) is 7.05 Å². The number of amidine groups is 1. The van der Waals surface area contributed by atoms with E-state index in [-0.39, 0.29) is 5.84 Å². The molecule has 54 valence electrons. The highest BCUT2D eigenvalue weighted by molar-refractivity contribution is 5.79. The minimum Gasteiger partial charge on any atom is -0.286 e. The Hall–Kier alpha value is -0.740. The second-order valence-corrected chi connectivity index (χ2v) is 1.43. The number of alkyl halides is 3. The lowest BCUT2D eigenvalue weighted by Crippen LogP contribution is -2.35. The fourth-order valence-electron chi connectivity index (χ4n) is 0.261. The summed E-state index contributed by atoms with van der Waals surface area (Å²) in [6, 6.07) is 0. The Balaban J connectivity index is 3.75. The molecule has 9 heavy (non-hydrogen) atoms. The van der Waals surface area contributed by atoms with E-state index in [0.717, 1.165) is 0 Å². The van der Waals surface area contributed by atoms with Crippen LogP contribution in [0.15, 0.2) is 4.99 Å². The smallest absolute Gasteiger partial charge is 0.286 e. The van der Waals surface area contributed by atoms with Gasteiger partial charge in [-0.2, -0.15) is 13.2 Å². The zero-order valence-corrected chi connectivity index (χ0v) is 5.08. The number of aliphatic imine (C=N–C) groups is 1. The Bertz CT molecular complexity index is 115. The molecule has 5 heteroatoms. The van der Waals surface area contributed by atoms with Gasteiger partial charge in [-0.05, 0) is 6.92 Å². The molecule has 0 aliphatic carbocycles. The largest absolute Gasteiger partial charge is 0.483 e. The average molecular weight is 140 g/mol. The number of hydrogen-bond acceptors (Lipinski definition) is 1. The van der Waals surface area contributed by atoms with E-state index < -0.39 is 6.30 Å². The second-order valence-electron chi connectivity index (χ2n) is 1.43. The molecule has 0 unspecified atom stereocenters. The third-order valence-electron chi connectivity index (χ3n) is 0.658. The summed E-state index contributed by atoms with van der Waals surface area (Å²) in [5.74, 6) is -0.137. The average Bonchev–Trinajstić information content (AvgIpc) is 1.62. The molecule has 0 atom stereocenters. The van der Waals surface area contributed by atoms with Crippen molar-refractivity contribution in [3.8, 4) is 0 Å². The maximum atomic E-state index is 11.3. The summed E-state index contributed by atoms with van der Waals surface area (Å²) in [5, 5.41) is 1.22. The van der Waals surface area contributed by atoms with Crippen LogP contribution in [0.25, 0.3) is 0 Å². The van der Waals surface area contributed by atoms with Crippen molar-refractivity contribution in [1.82, 2.24) is 5.32 Å². The molecule has 0 radical (unpaired) electrons. The van der Waals surface area contributed by atoms with Gasteiger partial charge in [0.05, 0.1) is 5.84 Å². The van der Waals surface area contributed by atoms with Gasteiger partial charge in [0, 0.05) is 7.05 Å². The van der Waals surface area contributed by atoms with Gasteiger partial charge < -0.3 is 0 Å². The van der Waals surface area contributed by atoms with Crippen molar-refractivity contribution in [3.63, 3.8) is 0 Å². The topological polar surface area (TPSA) is 24.4 Å². The van der Waals surface area contributed by atoms with E-state index in [9.17, 15) is 13.2 Å². The maximum absolute atomic E-state index is 11.3. The molecular weight excluding hydrogens is 133 g/mol. The number of nitrogens with one attached hydrogen (secondary N) is 1. The Morgan fingerprint density at radius 3 is 2.00 bits per heavy atom. The van der Waals surface area contributed by atoms with E-state index in [0.29, 0.717) is 0 Å². The molecule has 0 aromatic heterocycles. The van der Waals surface area contributed by atoms with Gasteiger partial charge in [0.25, 0.3) is 0 Å². The number of nitrogens with zero attached hydrogens (tertiary/aromatic N) is 1. The van der Waals surface area contributed by atoms with Gasteiger partial charge in [-0.1, -0.05) is 0 Å². The van der Waals surface area contributed by atoms with Crippen LogP contribution >= 0.6 is 0 Å². The van der Waals surface area contributed by atoms with Gasteiger partial charge >= 0.3 is 6.30 Å². The SMILES string of the molecule is CN=C(C)NC(F)(F)F. The lowest BCUT2D eigenvalue weighted by molar-refractivity contribution is -0.141. The molecular formula is C4H7F3N2. The number of rotatable bonds is 0. The van der Waals surface area contributed by atoms with Crippen LogP contribution in [-0.4, -0.2) is 19.2 Å². The number of hydrogen-bond donors (Lipinski definition) is 1. The molecule has 0 fully saturated rings. The Morgan fingerprint density at radius 1 is 1.44 bits per heavy atom. The van der Waals surface area contributed by atoms with Crippen LogP contribution in [0.5, 0.6) is 0 Å². The van der Waals surface area contributed by atoms with E-state index in [1.165, 1.54) is 19.3 Å². The lowest BCUT2D eigenvalue weighted by Gasteiger charge is -2.07. The van der Waals surface area contributed by atoms with Crippen molar-refractivity contribution in [2.45, 2.75) is 13.2 Å². The Morgan fingerprint density at radius 2 is 1.89 bits per heavy atom. The summed E-state index contributed by atoms with van der Waals surface area (Å²) < 4.78 is 33.9. The molecule has 0 saturated carbocycles. The summed E-state index contributed by atoms with van der Waals surface area (Å²) in [6.07, 6.45) is -4.36. The highest BCUT2D eigenvalue weighted by Gasteiger charge is 2.26. The molecule has 0 amide bonds. The molecule has 0 rings (SSSR count). The van der Waals surface area contributed by atoms with Gasteiger partial charge in [0.15, 0.2) is 0 Å². The summed E-state index contributed by atoms with van der Waals surface area (Å²) in [6.45, 7) is 1.24. The van der Waals surface area contributed by atoms with E-state index in [1.54, 1.807) is 0 Å². The standard InChI is InChI=1S/C4H7F3N2/c1-3(8-2)9-4(5,6)7/h1-2H3,(H,8,9). The fourth-order valence-corrected chi connectivity index (χ4v) is 0.261. The highest BCUT2D eigenvalue weighted by Crippen LogP contribution is 2.08. The Kier molecular flexibility index (Phi) is 2.48. The first-order chi connectivity index (χ1) is 3.95. The lowest BCUT2D eigenvalue weighted by atomic mass is 10.7. The quantitative estimate of drug-likeness (QED) is 0.304. The maximum Gasteiger partial charge on any atom is 0.483 e. The zero-order chi connectivity index (χ0) is 7.49. The molecule has 1 N–H and O–H groups in total. The van der Waals surface area contributed by atoms with Crippen molar-refractivity contribution in [3.05, 3.63) is 0 Å². The van der Waals surface area contributed by atoms with Crippen LogP contribution in [0.3, 0.4) is 0 Å². The summed E-state index contributed by atoms with van der Waals surface area (Å²) in [5.41, 5.74) is 0. The fraction of sp³-hybridized carbons (Fsp3) is 0.750. The summed E-state index contributed by atoms with van der Waals surface area (Å²) >= 11 is 0. The number of halogens is 3. The monoisotopic (exact) mass is 140 g/mol. The second kappa shape index (κ2) is 2.70. The minimum atomic E-state index is -4.36. The predicted molar refractivity (Wildman–Crippen MR) is 28.2 cm³/mol. The van der Waals surface area contributed by atoms with Crippen LogP contribution in [0.1, 0.15) is 6.92 Å². The summed E-state index contributed by atoms with van der Waals surface area (Å²) in [4.78, 5) is 3.26. The van der Waals surface area contributed by atoms with Gasteiger partial charge in [-0.15, -0.1) is 0 Å². The van der Waals surface area contributed by atoms with Gasteiger partial charge in [-0.25, -0.2) is 0 Å². The van der Waals surface area contributed by atoms with Gasteiger partial charge in [-0.3, -0.25) is 10.3 Å². The van der Waals surface area contributed by atoms with Crippen LogP contribution < -0.4 is 5.32 Å². The molecule has 0 aromatic rings. The first-order valence-electron chi connectivity index (χ1n) is 2.24. The van der Waals surface area contributed by atoms with Crippen molar-refractivity contribution >= 4 is 5.84 Å². The zero-order valence-electron chi connectivity index (χ0n) is 5.08. The molecule has 0 heterocycles. The first kappa shape index (κ1) is 8.26. The van der Waals surface area contributed by atoms with Crippen LogP contribution in [-0.2, 0) is 0 Å². The Labute approximate surface area is 50.8 Å². The van der Waals surface area contributed by atoms with E-state index >= 15 is 0 Å². The van der Waals surface area contributed by atoms with E-state index in [2.05, 4.69) is 4.99 Å². The molecule has 0 aliphatic heterocycles. The molecule has 2 nitrogen and oxygen atoms in total. The predicted octanol–water partition coefficient (Wildman–Crippen LogP) is 1.14. The molecule has 0 bridgehead atoms. The van der Waals surface area contributed by atoms with Crippen LogP contribution in [0.4, 0.5) is 13.2 Å². The molecule has 0 aliphatic rings.